The first-order valence-electron chi connectivity index (χ1n) is 11.2. The fraction of sp³-hybridized carbons (Fsp3) is 0.259. The SMILES string of the molecule is CCNC(=O)[C@@H](Cc1ccccc1)N(Cc1c(Cl)cccc1Cl)C(=O)CSCc1cccc(Cl)c1. The molecular weight excluding hydrogens is 523 g/mol. The number of rotatable bonds is 11. The van der Waals surface area contributed by atoms with E-state index in [9.17, 15) is 9.59 Å². The Labute approximate surface area is 225 Å². The van der Waals surface area contributed by atoms with Crippen molar-refractivity contribution in [3.63, 3.8) is 0 Å². The van der Waals surface area contributed by atoms with Crippen LogP contribution in [-0.2, 0) is 28.3 Å². The highest BCUT2D eigenvalue weighted by Crippen LogP contribution is 2.28. The molecule has 0 spiro atoms. The van der Waals surface area contributed by atoms with E-state index in [1.807, 2.05) is 61.5 Å². The molecule has 2 amide bonds. The molecule has 0 aliphatic heterocycles. The summed E-state index contributed by atoms with van der Waals surface area (Å²) in [6, 6.07) is 21.7. The number of likely N-dealkylation sites (N-methyl/N-ethyl adjacent to an activating group) is 1. The van der Waals surface area contributed by atoms with Crippen LogP contribution in [0.4, 0.5) is 0 Å². The van der Waals surface area contributed by atoms with Crippen LogP contribution in [0.5, 0.6) is 0 Å². The zero-order valence-corrected chi connectivity index (χ0v) is 22.4. The fourth-order valence-corrected chi connectivity index (χ4v) is 5.25. The molecule has 35 heavy (non-hydrogen) atoms. The lowest BCUT2D eigenvalue weighted by Crippen LogP contribution is -2.51. The van der Waals surface area contributed by atoms with E-state index in [1.54, 1.807) is 23.1 Å². The number of benzene rings is 3. The summed E-state index contributed by atoms with van der Waals surface area (Å²) in [5, 5.41) is 4.45. The molecule has 3 aromatic rings. The second kappa shape index (κ2) is 13.8. The summed E-state index contributed by atoms with van der Waals surface area (Å²) in [5.41, 5.74) is 2.60. The van der Waals surface area contributed by atoms with Crippen molar-refractivity contribution in [3.8, 4) is 0 Å². The Kier molecular flexibility index (Phi) is 10.8. The number of amides is 2. The van der Waals surface area contributed by atoms with E-state index in [0.717, 1.165) is 11.1 Å². The first-order chi connectivity index (χ1) is 16.9. The van der Waals surface area contributed by atoms with Crippen LogP contribution in [-0.4, -0.2) is 35.1 Å². The smallest absolute Gasteiger partial charge is 0.243 e. The van der Waals surface area contributed by atoms with Crippen LogP contribution in [0.25, 0.3) is 0 Å². The second-order valence-corrected chi connectivity index (χ2v) is 10.2. The van der Waals surface area contributed by atoms with Gasteiger partial charge in [-0.15, -0.1) is 11.8 Å². The molecule has 1 N–H and O–H groups in total. The molecule has 0 aliphatic rings. The number of nitrogens with one attached hydrogen (secondary N) is 1. The summed E-state index contributed by atoms with van der Waals surface area (Å²) in [5.74, 6) is 0.435. The second-order valence-electron chi connectivity index (χ2n) is 7.94. The summed E-state index contributed by atoms with van der Waals surface area (Å²) in [4.78, 5) is 28.4. The van der Waals surface area contributed by atoms with Gasteiger partial charge in [0.25, 0.3) is 0 Å². The van der Waals surface area contributed by atoms with Gasteiger partial charge in [-0.1, -0.05) is 83.3 Å². The van der Waals surface area contributed by atoms with E-state index in [0.29, 0.717) is 39.3 Å². The van der Waals surface area contributed by atoms with E-state index < -0.39 is 6.04 Å². The van der Waals surface area contributed by atoms with Crippen LogP contribution in [0.3, 0.4) is 0 Å². The fourth-order valence-electron chi connectivity index (χ4n) is 3.67. The Bertz CT molecular complexity index is 1120. The van der Waals surface area contributed by atoms with Crippen LogP contribution in [0.2, 0.25) is 15.1 Å². The molecule has 3 rings (SSSR count). The summed E-state index contributed by atoms with van der Waals surface area (Å²) >= 11 is 20.4. The molecule has 0 radical (unpaired) electrons. The number of hydrogen-bond donors (Lipinski definition) is 1. The van der Waals surface area contributed by atoms with Gasteiger partial charge in [0.15, 0.2) is 0 Å². The highest BCUT2D eigenvalue weighted by atomic mass is 35.5. The molecule has 8 heteroatoms. The van der Waals surface area contributed by atoms with Crippen molar-refractivity contribution in [3.05, 3.63) is 105 Å². The molecule has 3 aromatic carbocycles. The lowest BCUT2D eigenvalue weighted by atomic mass is 10.0. The molecule has 0 aliphatic carbocycles. The zero-order valence-electron chi connectivity index (χ0n) is 19.3. The van der Waals surface area contributed by atoms with E-state index in [4.69, 9.17) is 34.8 Å². The van der Waals surface area contributed by atoms with Gasteiger partial charge in [-0.25, -0.2) is 0 Å². The van der Waals surface area contributed by atoms with Crippen LogP contribution in [0.15, 0.2) is 72.8 Å². The molecule has 184 valence electrons. The Morgan fingerprint density at radius 2 is 1.57 bits per heavy atom. The van der Waals surface area contributed by atoms with Gasteiger partial charge in [0.05, 0.1) is 5.75 Å². The van der Waals surface area contributed by atoms with Crippen LogP contribution < -0.4 is 5.32 Å². The third kappa shape index (κ3) is 8.18. The lowest BCUT2D eigenvalue weighted by Gasteiger charge is -2.32. The quantitative estimate of drug-likeness (QED) is 0.291. The van der Waals surface area contributed by atoms with Crippen LogP contribution in [0.1, 0.15) is 23.6 Å². The van der Waals surface area contributed by atoms with E-state index in [1.165, 1.54) is 11.8 Å². The number of carbonyl (C=O) groups excluding carboxylic acids is 2. The van der Waals surface area contributed by atoms with Gasteiger partial charge < -0.3 is 10.2 Å². The monoisotopic (exact) mass is 548 g/mol. The van der Waals surface area contributed by atoms with Gasteiger partial charge in [0.2, 0.25) is 11.8 Å². The average Bonchev–Trinajstić information content (AvgIpc) is 2.83. The van der Waals surface area contributed by atoms with Crippen molar-refractivity contribution in [2.75, 3.05) is 12.3 Å². The number of hydrogen-bond acceptors (Lipinski definition) is 3. The number of carbonyl (C=O) groups is 2. The third-order valence-corrected chi connectivity index (χ3v) is 7.33. The molecule has 4 nitrogen and oxygen atoms in total. The van der Waals surface area contributed by atoms with Crippen molar-refractivity contribution in [1.29, 1.82) is 0 Å². The molecule has 0 unspecified atom stereocenters. The lowest BCUT2D eigenvalue weighted by molar-refractivity contribution is -0.139. The van der Waals surface area contributed by atoms with E-state index >= 15 is 0 Å². The maximum atomic E-state index is 13.6. The van der Waals surface area contributed by atoms with Crippen LogP contribution >= 0.6 is 46.6 Å². The standard InChI is InChI=1S/C27H27Cl3N2O2S/c1-2-31-27(34)25(15-19-8-4-3-5-9-19)32(16-22-23(29)12-7-13-24(22)30)26(33)18-35-17-20-10-6-11-21(28)14-20/h3-14,25H,2,15-18H2,1H3,(H,31,34)/t25-/m1/s1. The molecular formula is C27H27Cl3N2O2S. The summed E-state index contributed by atoms with van der Waals surface area (Å²) in [6.07, 6.45) is 0.374. The molecule has 0 saturated heterocycles. The number of halogens is 3. The van der Waals surface area contributed by atoms with Gasteiger partial charge in [0, 0.05) is 45.9 Å². The topological polar surface area (TPSA) is 49.4 Å². The van der Waals surface area contributed by atoms with Crippen LogP contribution in [0, 0.1) is 0 Å². The molecule has 1 atom stereocenters. The average molecular weight is 550 g/mol. The maximum Gasteiger partial charge on any atom is 0.243 e. The maximum absolute atomic E-state index is 13.6. The van der Waals surface area contributed by atoms with Crippen molar-refractivity contribution < 1.29 is 9.59 Å². The van der Waals surface area contributed by atoms with Gasteiger partial charge in [0.1, 0.15) is 6.04 Å². The van der Waals surface area contributed by atoms with E-state index in [-0.39, 0.29) is 24.1 Å². The zero-order chi connectivity index (χ0) is 25.2. The first-order valence-corrected chi connectivity index (χ1v) is 13.5. The summed E-state index contributed by atoms with van der Waals surface area (Å²) < 4.78 is 0. The minimum absolute atomic E-state index is 0.129. The molecule has 0 bridgehead atoms. The highest BCUT2D eigenvalue weighted by Gasteiger charge is 2.31. The Hall–Kier alpha value is -2.18. The Morgan fingerprint density at radius 3 is 2.23 bits per heavy atom. The first kappa shape index (κ1) is 27.4. The largest absolute Gasteiger partial charge is 0.355 e. The van der Waals surface area contributed by atoms with Gasteiger partial charge >= 0.3 is 0 Å². The third-order valence-electron chi connectivity index (χ3n) is 5.40. The number of thioether (sulfide) groups is 1. The molecule has 0 saturated carbocycles. The van der Waals surface area contributed by atoms with Crippen molar-refractivity contribution in [1.82, 2.24) is 10.2 Å². The molecule has 0 heterocycles. The normalized spacial score (nSPS) is 11.7. The van der Waals surface area contributed by atoms with Crippen molar-refractivity contribution in [2.24, 2.45) is 0 Å². The Morgan fingerprint density at radius 1 is 0.914 bits per heavy atom. The predicted octanol–water partition coefficient (Wildman–Crippen LogP) is 6.66. The van der Waals surface area contributed by atoms with E-state index in [2.05, 4.69) is 5.32 Å². The molecule has 0 fully saturated rings. The van der Waals surface area contributed by atoms with Gasteiger partial charge in [-0.05, 0) is 42.3 Å². The highest BCUT2D eigenvalue weighted by molar-refractivity contribution is 7.99. The number of nitrogens with zero attached hydrogens (tertiary/aromatic N) is 1. The van der Waals surface area contributed by atoms with Crippen molar-refractivity contribution in [2.45, 2.75) is 31.7 Å². The molecule has 0 aromatic heterocycles. The van der Waals surface area contributed by atoms with Gasteiger partial charge in [-0.2, -0.15) is 0 Å². The predicted molar refractivity (Wildman–Crippen MR) is 147 cm³/mol. The summed E-state index contributed by atoms with van der Waals surface area (Å²) in [7, 11) is 0. The van der Waals surface area contributed by atoms with Gasteiger partial charge in [-0.3, -0.25) is 9.59 Å². The van der Waals surface area contributed by atoms with Crippen molar-refractivity contribution >= 4 is 58.4 Å². The Balaban J connectivity index is 1.87. The minimum Gasteiger partial charge on any atom is -0.355 e. The summed E-state index contributed by atoms with van der Waals surface area (Å²) in [6.45, 7) is 2.45. The minimum atomic E-state index is -0.719.